The Morgan fingerprint density at radius 3 is 3.18 bits per heavy atom. The molecule has 0 bridgehead atoms. The van der Waals surface area contributed by atoms with Gasteiger partial charge in [-0.3, -0.25) is 0 Å². The molecule has 1 aromatic rings. The summed E-state index contributed by atoms with van der Waals surface area (Å²) < 4.78 is 0. The zero-order chi connectivity index (χ0) is 7.90. The minimum atomic E-state index is -0.435. The summed E-state index contributed by atoms with van der Waals surface area (Å²) in [5, 5.41) is 13.2. The maximum Gasteiger partial charge on any atom is 0.0658 e. The summed E-state index contributed by atoms with van der Waals surface area (Å²) in [4.78, 5) is 0. The fourth-order valence-electron chi connectivity index (χ4n) is 1.61. The minimum Gasteiger partial charge on any atom is -0.394 e. The van der Waals surface area contributed by atoms with E-state index in [1.165, 1.54) is 5.56 Å². The Hall–Kier alpha value is -0.380. The van der Waals surface area contributed by atoms with E-state index in [9.17, 15) is 0 Å². The van der Waals surface area contributed by atoms with E-state index in [4.69, 9.17) is 10.8 Å². The Morgan fingerprint density at radius 2 is 2.45 bits per heavy atom. The monoisotopic (exact) mass is 169 g/mol. The highest BCUT2D eigenvalue weighted by atomic mass is 32.1. The highest BCUT2D eigenvalue weighted by molar-refractivity contribution is 7.08. The lowest BCUT2D eigenvalue weighted by molar-refractivity contribution is 0.197. The third-order valence-corrected chi connectivity index (χ3v) is 3.19. The number of aliphatic hydroxyl groups is 1. The van der Waals surface area contributed by atoms with Crippen LogP contribution in [-0.2, 0) is 12.0 Å². The van der Waals surface area contributed by atoms with Gasteiger partial charge >= 0.3 is 0 Å². The van der Waals surface area contributed by atoms with Gasteiger partial charge in [-0.25, -0.2) is 0 Å². The van der Waals surface area contributed by atoms with Crippen molar-refractivity contribution in [3.8, 4) is 0 Å². The van der Waals surface area contributed by atoms with Crippen LogP contribution >= 0.6 is 11.3 Å². The number of thiophene rings is 1. The fourth-order valence-corrected chi connectivity index (χ4v) is 2.61. The standard InChI is InChI=1S/C8H11NOS/c9-8(5-10)2-1-6-3-11-4-7(6)8/h3-4,10H,1-2,5,9H2. The third-order valence-electron chi connectivity index (χ3n) is 2.40. The van der Waals surface area contributed by atoms with Crippen molar-refractivity contribution in [1.29, 1.82) is 0 Å². The summed E-state index contributed by atoms with van der Waals surface area (Å²) in [7, 11) is 0. The highest BCUT2D eigenvalue weighted by Gasteiger charge is 2.34. The Morgan fingerprint density at radius 1 is 1.64 bits per heavy atom. The Labute approximate surface area is 69.7 Å². The molecule has 0 saturated heterocycles. The molecular weight excluding hydrogens is 158 g/mol. The van der Waals surface area contributed by atoms with E-state index in [2.05, 4.69) is 10.8 Å². The van der Waals surface area contributed by atoms with Crippen molar-refractivity contribution in [3.05, 3.63) is 21.9 Å². The Bertz CT molecular complexity index is 271. The predicted molar refractivity (Wildman–Crippen MR) is 45.6 cm³/mol. The molecule has 0 radical (unpaired) electrons. The maximum absolute atomic E-state index is 9.07. The summed E-state index contributed by atoms with van der Waals surface area (Å²) in [5.74, 6) is 0. The first-order valence-electron chi connectivity index (χ1n) is 3.71. The summed E-state index contributed by atoms with van der Waals surface area (Å²) in [6.07, 6.45) is 1.91. The van der Waals surface area contributed by atoms with Gasteiger partial charge < -0.3 is 10.8 Å². The first-order valence-corrected chi connectivity index (χ1v) is 4.66. The summed E-state index contributed by atoms with van der Waals surface area (Å²) in [6.45, 7) is 0.0662. The fraction of sp³-hybridized carbons (Fsp3) is 0.500. The lowest BCUT2D eigenvalue weighted by Gasteiger charge is -2.20. The van der Waals surface area contributed by atoms with Crippen LogP contribution in [0.15, 0.2) is 10.8 Å². The molecule has 0 saturated carbocycles. The van der Waals surface area contributed by atoms with E-state index >= 15 is 0 Å². The number of aliphatic hydroxyl groups excluding tert-OH is 1. The van der Waals surface area contributed by atoms with Crippen LogP contribution in [0.1, 0.15) is 17.5 Å². The lowest BCUT2D eigenvalue weighted by atomic mass is 9.97. The van der Waals surface area contributed by atoms with Gasteiger partial charge in [0.25, 0.3) is 0 Å². The molecule has 60 valence electrons. The van der Waals surface area contributed by atoms with Crippen molar-refractivity contribution in [1.82, 2.24) is 0 Å². The van der Waals surface area contributed by atoms with Crippen LogP contribution in [-0.4, -0.2) is 11.7 Å². The van der Waals surface area contributed by atoms with E-state index in [0.29, 0.717) is 0 Å². The van der Waals surface area contributed by atoms with Crippen molar-refractivity contribution in [2.75, 3.05) is 6.61 Å². The van der Waals surface area contributed by atoms with Gasteiger partial charge in [-0.2, -0.15) is 11.3 Å². The molecule has 11 heavy (non-hydrogen) atoms. The quantitative estimate of drug-likeness (QED) is 0.654. The molecule has 3 N–H and O–H groups in total. The lowest BCUT2D eigenvalue weighted by Crippen LogP contribution is -2.37. The van der Waals surface area contributed by atoms with E-state index in [1.54, 1.807) is 11.3 Å². The Kier molecular flexibility index (Phi) is 1.52. The number of hydrogen-bond acceptors (Lipinski definition) is 3. The van der Waals surface area contributed by atoms with Crippen LogP contribution in [0.5, 0.6) is 0 Å². The van der Waals surface area contributed by atoms with Crippen LogP contribution in [0.4, 0.5) is 0 Å². The summed E-state index contributed by atoms with van der Waals surface area (Å²) in [6, 6.07) is 0. The molecule has 0 aromatic carbocycles. The van der Waals surface area contributed by atoms with Gasteiger partial charge in [0.05, 0.1) is 12.1 Å². The second-order valence-corrected chi connectivity index (χ2v) is 3.87. The van der Waals surface area contributed by atoms with Crippen LogP contribution < -0.4 is 5.73 Å². The molecule has 1 aliphatic carbocycles. The summed E-state index contributed by atoms with van der Waals surface area (Å²) >= 11 is 1.67. The average Bonchev–Trinajstić information content (AvgIpc) is 2.55. The van der Waals surface area contributed by atoms with Gasteiger partial charge in [0.1, 0.15) is 0 Å². The van der Waals surface area contributed by atoms with E-state index in [1.807, 2.05) is 0 Å². The van der Waals surface area contributed by atoms with E-state index in [-0.39, 0.29) is 6.61 Å². The van der Waals surface area contributed by atoms with Gasteiger partial charge in [-0.1, -0.05) is 0 Å². The largest absolute Gasteiger partial charge is 0.394 e. The minimum absolute atomic E-state index is 0.0662. The molecule has 1 heterocycles. The van der Waals surface area contributed by atoms with Crippen molar-refractivity contribution < 1.29 is 5.11 Å². The average molecular weight is 169 g/mol. The van der Waals surface area contributed by atoms with Crippen LogP contribution in [0.3, 0.4) is 0 Å². The van der Waals surface area contributed by atoms with Crippen LogP contribution in [0.2, 0.25) is 0 Å². The number of aryl methyl sites for hydroxylation is 1. The van der Waals surface area contributed by atoms with Gasteiger partial charge in [0.2, 0.25) is 0 Å². The zero-order valence-electron chi connectivity index (χ0n) is 6.21. The van der Waals surface area contributed by atoms with Crippen LogP contribution in [0, 0.1) is 0 Å². The third kappa shape index (κ3) is 0.922. The molecule has 1 aromatic heterocycles. The van der Waals surface area contributed by atoms with Gasteiger partial charge in [0, 0.05) is 0 Å². The molecule has 0 aliphatic heterocycles. The topological polar surface area (TPSA) is 46.2 Å². The first kappa shape index (κ1) is 7.28. The van der Waals surface area contributed by atoms with Gasteiger partial charge in [-0.05, 0) is 34.7 Å². The number of fused-ring (bicyclic) bond motifs is 1. The van der Waals surface area contributed by atoms with E-state index < -0.39 is 5.54 Å². The van der Waals surface area contributed by atoms with Crippen molar-refractivity contribution in [2.45, 2.75) is 18.4 Å². The smallest absolute Gasteiger partial charge is 0.0658 e. The number of hydrogen-bond donors (Lipinski definition) is 2. The number of rotatable bonds is 1. The van der Waals surface area contributed by atoms with E-state index in [0.717, 1.165) is 18.4 Å². The van der Waals surface area contributed by atoms with Crippen molar-refractivity contribution >= 4 is 11.3 Å². The van der Waals surface area contributed by atoms with Gasteiger partial charge in [0.15, 0.2) is 0 Å². The molecule has 0 amide bonds. The molecule has 2 rings (SSSR count). The zero-order valence-corrected chi connectivity index (χ0v) is 7.03. The van der Waals surface area contributed by atoms with Crippen molar-refractivity contribution in [2.24, 2.45) is 5.73 Å². The molecule has 1 atom stereocenters. The molecule has 0 spiro atoms. The van der Waals surface area contributed by atoms with Gasteiger partial charge in [-0.15, -0.1) is 0 Å². The normalized spacial score (nSPS) is 28.9. The van der Waals surface area contributed by atoms with Crippen molar-refractivity contribution in [3.63, 3.8) is 0 Å². The summed E-state index contributed by atoms with van der Waals surface area (Å²) in [5.41, 5.74) is 8.02. The molecule has 0 fully saturated rings. The molecule has 3 heteroatoms. The SMILES string of the molecule is NC1(CO)CCc2cscc21. The highest BCUT2D eigenvalue weighted by Crippen LogP contribution is 2.36. The molecule has 1 unspecified atom stereocenters. The maximum atomic E-state index is 9.07. The number of nitrogens with two attached hydrogens (primary N) is 1. The second-order valence-electron chi connectivity index (χ2n) is 3.12. The first-order chi connectivity index (χ1) is 5.26. The predicted octanol–water partition coefficient (Wildman–Crippen LogP) is 0.841. The second kappa shape index (κ2) is 2.30. The molecule has 1 aliphatic rings. The van der Waals surface area contributed by atoms with Crippen LogP contribution in [0.25, 0.3) is 0 Å². The molecule has 2 nitrogen and oxygen atoms in total. The Balaban J connectivity index is 2.45. The molecular formula is C8H11NOS.